The van der Waals surface area contributed by atoms with Gasteiger partial charge in [0, 0.05) is 18.7 Å². The molecule has 2 aromatic heterocycles. The van der Waals surface area contributed by atoms with Crippen LogP contribution in [0, 0.1) is 5.92 Å². The molecule has 0 saturated carbocycles. The summed E-state index contributed by atoms with van der Waals surface area (Å²) >= 11 is 1.15. The highest BCUT2D eigenvalue weighted by Crippen LogP contribution is 2.26. The first-order valence-corrected chi connectivity index (χ1v) is 10.7. The monoisotopic (exact) mass is 416 g/mol. The highest BCUT2D eigenvalue weighted by Gasteiger charge is 2.27. The fraction of sp³-hybridized carbons (Fsp3) is 0.227. The summed E-state index contributed by atoms with van der Waals surface area (Å²) in [7, 11) is 0. The molecule has 8 heteroatoms. The smallest absolute Gasteiger partial charge is 0.229 e. The van der Waals surface area contributed by atoms with E-state index in [0.29, 0.717) is 6.54 Å². The van der Waals surface area contributed by atoms with E-state index in [4.69, 9.17) is 0 Å². The van der Waals surface area contributed by atoms with Crippen LogP contribution in [-0.4, -0.2) is 37.9 Å². The summed E-state index contributed by atoms with van der Waals surface area (Å²) < 4.78 is 8.54. The molecule has 1 aliphatic rings. The molecule has 5 rings (SSSR count). The molecule has 0 spiro atoms. The molecule has 7 nitrogen and oxygen atoms in total. The molecule has 0 aliphatic carbocycles. The molecule has 30 heavy (non-hydrogen) atoms. The Morgan fingerprint density at radius 3 is 2.73 bits per heavy atom. The largest absolute Gasteiger partial charge is 0.354 e. The maximum Gasteiger partial charge on any atom is 0.229 e. The van der Waals surface area contributed by atoms with Gasteiger partial charge in [0.15, 0.2) is 5.82 Å². The number of amides is 1. The van der Waals surface area contributed by atoms with Gasteiger partial charge in [-0.2, -0.15) is 8.75 Å². The van der Waals surface area contributed by atoms with Gasteiger partial charge in [-0.15, -0.1) is 10.2 Å². The van der Waals surface area contributed by atoms with E-state index < -0.39 is 0 Å². The lowest BCUT2D eigenvalue weighted by molar-refractivity contribution is -0.120. The zero-order valence-electron chi connectivity index (χ0n) is 16.2. The van der Waals surface area contributed by atoms with E-state index in [1.54, 1.807) is 0 Å². The molecule has 1 atom stereocenters. The van der Waals surface area contributed by atoms with Crippen molar-refractivity contribution in [3.8, 4) is 11.3 Å². The molecule has 1 aliphatic heterocycles. The van der Waals surface area contributed by atoms with Crippen molar-refractivity contribution in [2.45, 2.75) is 12.8 Å². The van der Waals surface area contributed by atoms with Crippen molar-refractivity contribution in [3.63, 3.8) is 0 Å². The van der Waals surface area contributed by atoms with Gasteiger partial charge in [0.25, 0.3) is 0 Å². The van der Waals surface area contributed by atoms with Crippen LogP contribution in [0.5, 0.6) is 0 Å². The number of benzene rings is 2. The molecule has 1 saturated heterocycles. The quantitative estimate of drug-likeness (QED) is 0.541. The van der Waals surface area contributed by atoms with Crippen molar-refractivity contribution in [2.75, 3.05) is 23.3 Å². The molecule has 150 valence electrons. The Bertz CT molecular complexity index is 1160. The molecule has 1 unspecified atom stereocenters. The summed E-state index contributed by atoms with van der Waals surface area (Å²) in [5.74, 6) is 0.697. The number of fused-ring (bicyclic) bond motifs is 1. The average Bonchev–Trinajstić information content (AvgIpc) is 3.30. The molecule has 1 fully saturated rings. The van der Waals surface area contributed by atoms with Crippen LogP contribution in [-0.2, 0) is 4.79 Å². The van der Waals surface area contributed by atoms with Crippen molar-refractivity contribution in [1.29, 1.82) is 0 Å². The van der Waals surface area contributed by atoms with Crippen molar-refractivity contribution in [2.24, 2.45) is 5.92 Å². The van der Waals surface area contributed by atoms with E-state index in [-0.39, 0.29) is 11.8 Å². The van der Waals surface area contributed by atoms with Crippen LogP contribution >= 0.6 is 11.7 Å². The van der Waals surface area contributed by atoms with Gasteiger partial charge in [-0.3, -0.25) is 4.79 Å². The van der Waals surface area contributed by atoms with Crippen LogP contribution in [0.2, 0.25) is 0 Å². The third-order valence-corrected chi connectivity index (χ3v) is 5.92. The Morgan fingerprint density at radius 2 is 1.90 bits per heavy atom. The van der Waals surface area contributed by atoms with Gasteiger partial charge >= 0.3 is 0 Å². The van der Waals surface area contributed by atoms with Gasteiger partial charge in [0.2, 0.25) is 5.91 Å². The molecular formula is C22H20N6OS. The Kier molecular flexibility index (Phi) is 5.06. The molecule has 1 amide bonds. The number of carbonyl (C=O) groups excluding carboxylic acids is 1. The van der Waals surface area contributed by atoms with Crippen LogP contribution in [0.25, 0.3) is 22.3 Å². The second-order valence-electron chi connectivity index (χ2n) is 7.35. The second-order valence-corrected chi connectivity index (χ2v) is 7.88. The number of piperidine rings is 1. The summed E-state index contributed by atoms with van der Waals surface area (Å²) in [6, 6.07) is 19.6. The number of carbonyl (C=O) groups is 1. The molecule has 2 aromatic carbocycles. The number of nitrogens with zero attached hydrogens (tertiary/aromatic N) is 5. The standard InChI is InChI=1S/C22H20N6OS/c29-22(23-18-9-4-10-19-21(18)27-30-26-19)16-8-5-13-28(14-16)20-12-11-17(24-25-20)15-6-2-1-3-7-15/h1-4,6-7,9-12,16H,5,8,13-14H2,(H,23,29). The Morgan fingerprint density at radius 1 is 1.00 bits per heavy atom. The third-order valence-electron chi connectivity index (χ3n) is 5.38. The predicted molar refractivity (Wildman–Crippen MR) is 118 cm³/mol. The van der Waals surface area contributed by atoms with E-state index >= 15 is 0 Å². The normalized spacial score (nSPS) is 16.5. The van der Waals surface area contributed by atoms with Gasteiger partial charge in [-0.25, -0.2) is 0 Å². The fourth-order valence-corrected chi connectivity index (χ4v) is 4.35. The number of rotatable bonds is 4. The Hall–Kier alpha value is -3.39. The first-order chi connectivity index (χ1) is 14.8. The topological polar surface area (TPSA) is 83.9 Å². The van der Waals surface area contributed by atoms with Gasteiger partial charge in [-0.05, 0) is 37.1 Å². The molecule has 0 radical (unpaired) electrons. The van der Waals surface area contributed by atoms with Gasteiger partial charge in [0.05, 0.1) is 29.0 Å². The van der Waals surface area contributed by atoms with Gasteiger partial charge < -0.3 is 10.2 Å². The number of nitrogens with one attached hydrogen (secondary N) is 1. The number of aromatic nitrogens is 4. The second kappa shape index (κ2) is 8.16. The lowest BCUT2D eigenvalue weighted by Crippen LogP contribution is -2.41. The Labute approximate surface area is 178 Å². The van der Waals surface area contributed by atoms with Crippen LogP contribution in [0.1, 0.15) is 12.8 Å². The first kappa shape index (κ1) is 18.6. The summed E-state index contributed by atoms with van der Waals surface area (Å²) in [5, 5.41) is 11.8. The maximum absolute atomic E-state index is 12.9. The Balaban J connectivity index is 1.28. The number of hydrogen-bond acceptors (Lipinski definition) is 7. The van der Waals surface area contributed by atoms with Crippen LogP contribution < -0.4 is 10.2 Å². The van der Waals surface area contributed by atoms with Crippen molar-refractivity contribution in [3.05, 3.63) is 60.7 Å². The molecule has 1 N–H and O–H groups in total. The molecule has 4 aromatic rings. The van der Waals surface area contributed by atoms with Crippen LogP contribution in [0.15, 0.2) is 60.7 Å². The lowest BCUT2D eigenvalue weighted by Gasteiger charge is -2.32. The minimum atomic E-state index is -0.115. The summed E-state index contributed by atoms with van der Waals surface area (Å²) in [6.07, 6.45) is 1.78. The zero-order valence-corrected chi connectivity index (χ0v) is 17.0. The van der Waals surface area contributed by atoms with E-state index in [0.717, 1.165) is 64.9 Å². The predicted octanol–water partition coefficient (Wildman–Crippen LogP) is 4.00. The van der Waals surface area contributed by atoms with Crippen LogP contribution in [0.4, 0.5) is 11.5 Å². The fourth-order valence-electron chi connectivity index (χ4n) is 3.80. The van der Waals surface area contributed by atoms with Crippen molar-refractivity contribution in [1.82, 2.24) is 18.9 Å². The molecule has 3 heterocycles. The highest BCUT2D eigenvalue weighted by atomic mass is 32.1. The molecular weight excluding hydrogens is 396 g/mol. The SMILES string of the molecule is O=C(Nc1cccc2nsnc12)C1CCCN(c2ccc(-c3ccccc3)nn2)C1. The van der Waals surface area contributed by atoms with Crippen molar-refractivity contribution >= 4 is 40.2 Å². The molecule has 0 bridgehead atoms. The van der Waals surface area contributed by atoms with E-state index in [1.807, 2.05) is 60.7 Å². The third kappa shape index (κ3) is 3.73. The highest BCUT2D eigenvalue weighted by molar-refractivity contribution is 7.00. The van der Waals surface area contributed by atoms with Crippen molar-refractivity contribution < 1.29 is 4.79 Å². The number of anilines is 2. The summed E-state index contributed by atoms with van der Waals surface area (Å²) in [5.41, 5.74) is 4.15. The number of hydrogen-bond donors (Lipinski definition) is 1. The summed E-state index contributed by atoms with van der Waals surface area (Å²) in [4.78, 5) is 15.1. The minimum absolute atomic E-state index is 0.00839. The first-order valence-electron chi connectivity index (χ1n) is 9.94. The van der Waals surface area contributed by atoms with Gasteiger partial charge in [-0.1, -0.05) is 36.4 Å². The average molecular weight is 417 g/mol. The van der Waals surface area contributed by atoms with E-state index in [1.165, 1.54) is 0 Å². The lowest BCUT2D eigenvalue weighted by atomic mass is 9.97. The van der Waals surface area contributed by atoms with Crippen LogP contribution in [0.3, 0.4) is 0 Å². The zero-order chi connectivity index (χ0) is 20.3. The maximum atomic E-state index is 12.9. The van der Waals surface area contributed by atoms with E-state index in [2.05, 4.69) is 29.2 Å². The van der Waals surface area contributed by atoms with Gasteiger partial charge in [0.1, 0.15) is 11.0 Å². The van der Waals surface area contributed by atoms with E-state index in [9.17, 15) is 4.79 Å². The summed E-state index contributed by atoms with van der Waals surface area (Å²) in [6.45, 7) is 1.49. The minimum Gasteiger partial charge on any atom is -0.354 e.